The van der Waals surface area contributed by atoms with Gasteiger partial charge in [0.25, 0.3) is 13.7 Å². The van der Waals surface area contributed by atoms with Crippen molar-refractivity contribution in [1.29, 1.82) is 0 Å². The number of H-pyrrole nitrogens is 1. The fourth-order valence-electron chi connectivity index (χ4n) is 4.12. The van der Waals surface area contributed by atoms with Gasteiger partial charge < -0.3 is 29.0 Å². The summed E-state index contributed by atoms with van der Waals surface area (Å²) in [5, 5.41) is 21.6. The second kappa shape index (κ2) is 14.1. The van der Waals surface area contributed by atoms with E-state index in [1.165, 1.54) is 6.92 Å². The molecule has 3 aromatic rings. The number of aromatic amines is 1. The molecule has 4 rings (SSSR count). The lowest BCUT2D eigenvalue weighted by molar-refractivity contribution is -0.156. The minimum absolute atomic E-state index is 0.0297. The molecule has 1 aromatic heterocycles. The van der Waals surface area contributed by atoms with Crippen LogP contribution in [0.2, 0.25) is 0 Å². The van der Waals surface area contributed by atoms with Crippen LogP contribution < -0.4 is 16.1 Å². The lowest BCUT2D eigenvalue weighted by atomic mass is 9.96. The van der Waals surface area contributed by atoms with E-state index in [0.717, 1.165) is 38.8 Å². The quantitative estimate of drug-likeness (QED) is 0.154. The van der Waals surface area contributed by atoms with Crippen LogP contribution >= 0.6 is 19.8 Å². The molecule has 0 aliphatic carbocycles. The Morgan fingerprint density at radius 3 is 2.48 bits per heavy atom. The van der Waals surface area contributed by atoms with Gasteiger partial charge in [-0.2, -0.15) is 0 Å². The molecule has 224 valence electrons. The highest BCUT2D eigenvalue weighted by molar-refractivity contribution is 7.36. The third-order valence-corrected chi connectivity index (χ3v) is 7.75. The third-order valence-electron chi connectivity index (χ3n) is 6.39. The van der Waals surface area contributed by atoms with Crippen molar-refractivity contribution in [2.75, 3.05) is 6.61 Å². The molecule has 2 unspecified atom stereocenters. The summed E-state index contributed by atoms with van der Waals surface area (Å²) in [5.74, 6) is -0.500. The van der Waals surface area contributed by atoms with Crippen molar-refractivity contribution in [3.8, 4) is 5.75 Å². The summed E-state index contributed by atoms with van der Waals surface area (Å²) in [6.45, 7) is 0.735. The van der Waals surface area contributed by atoms with Crippen molar-refractivity contribution >= 4 is 25.7 Å². The van der Waals surface area contributed by atoms with Gasteiger partial charge in [-0.3, -0.25) is 23.7 Å². The number of aliphatic hydroxyl groups excluding tert-OH is 2. The number of rotatable bonds is 12. The minimum Gasteiger partial charge on any atom is -0.460 e. The molecule has 6 atom stereocenters. The number of nitrogens with one attached hydrogen (secondary N) is 1. The number of aromatic nitrogens is 2. The van der Waals surface area contributed by atoms with E-state index in [1.54, 1.807) is 54.6 Å². The number of halogens is 1. The first-order chi connectivity index (χ1) is 20.1. The number of ether oxygens (including phenoxy) is 2. The minimum atomic E-state index is -3.43. The predicted octanol–water partition coefficient (Wildman–Crippen LogP) is 2.11. The summed E-state index contributed by atoms with van der Waals surface area (Å²) in [6, 6.07) is 17.0. The van der Waals surface area contributed by atoms with Gasteiger partial charge in [0.05, 0.1) is 6.61 Å². The molecule has 2 aromatic carbocycles. The number of nitrogens with zero attached hydrogens (tertiary/aromatic N) is 2. The zero-order valence-corrected chi connectivity index (χ0v) is 24.0. The van der Waals surface area contributed by atoms with Gasteiger partial charge in [0.15, 0.2) is 6.23 Å². The van der Waals surface area contributed by atoms with Gasteiger partial charge in [0.1, 0.15) is 36.2 Å². The van der Waals surface area contributed by atoms with Gasteiger partial charge in [-0.15, -0.1) is 0 Å². The molecule has 3 N–H and O–H groups in total. The van der Waals surface area contributed by atoms with Gasteiger partial charge >= 0.3 is 11.7 Å². The van der Waals surface area contributed by atoms with E-state index in [9.17, 15) is 29.2 Å². The Morgan fingerprint density at radius 1 is 1.17 bits per heavy atom. The van der Waals surface area contributed by atoms with Crippen LogP contribution in [-0.4, -0.2) is 61.0 Å². The molecule has 1 fully saturated rings. The van der Waals surface area contributed by atoms with Crippen LogP contribution in [0, 0.1) is 0 Å². The maximum atomic E-state index is 13.5. The van der Waals surface area contributed by atoms with Crippen LogP contribution in [0.5, 0.6) is 5.75 Å². The Labute approximate surface area is 245 Å². The third kappa shape index (κ3) is 7.26. The van der Waals surface area contributed by atoms with Crippen molar-refractivity contribution in [3.63, 3.8) is 0 Å². The molecule has 0 spiro atoms. The molecule has 2 heterocycles. The maximum absolute atomic E-state index is 13.5. The molecule has 42 heavy (non-hydrogen) atoms. The van der Waals surface area contributed by atoms with Crippen molar-refractivity contribution in [2.24, 2.45) is 0 Å². The van der Waals surface area contributed by atoms with Gasteiger partial charge in [0.2, 0.25) is 0 Å². The van der Waals surface area contributed by atoms with Crippen molar-refractivity contribution < 1.29 is 38.4 Å². The first-order valence-electron chi connectivity index (χ1n) is 12.7. The number of carbonyl (C=O) groups excluding carboxylic acids is 1. The van der Waals surface area contributed by atoms with Gasteiger partial charge in [0, 0.05) is 17.8 Å². The summed E-state index contributed by atoms with van der Waals surface area (Å²) >= 11 is 5.80. The van der Waals surface area contributed by atoms with Crippen LogP contribution in [0.1, 0.15) is 18.7 Å². The molecule has 1 saturated heterocycles. The second-order valence-corrected chi connectivity index (χ2v) is 10.8. The van der Waals surface area contributed by atoms with Gasteiger partial charge in [-0.25, -0.2) is 4.79 Å². The van der Waals surface area contributed by atoms with Crippen LogP contribution in [0.3, 0.4) is 0 Å². The first-order valence-corrected chi connectivity index (χ1v) is 14.4. The highest BCUT2D eigenvalue weighted by Gasteiger charge is 2.54. The van der Waals surface area contributed by atoms with Crippen LogP contribution in [0.15, 0.2) is 94.1 Å². The molecular formula is C27H29ClN3O10P. The Balaban J connectivity index is 1.53. The van der Waals surface area contributed by atoms with Gasteiger partial charge in [-0.05, 0) is 30.7 Å². The highest BCUT2D eigenvalue weighted by atomic mass is 35.5. The largest absolute Gasteiger partial charge is 0.460 e. The monoisotopic (exact) mass is 621 g/mol. The number of carbonyl (C=O) groups is 1. The molecule has 0 bridgehead atoms. The number of benzene rings is 2. The van der Waals surface area contributed by atoms with Crippen LogP contribution in [-0.2, 0) is 30.0 Å². The summed E-state index contributed by atoms with van der Waals surface area (Å²) < 4.78 is 31.2. The summed E-state index contributed by atoms with van der Waals surface area (Å²) in [7, 11) is -3.43. The van der Waals surface area contributed by atoms with E-state index in [1.807, 2.05) is 11.1 Å². The normalized spacial score (nSPS) is 23.6. The number of hydrogen-bond donors (Lipinski definition) is 3. The molecule has 1 aliphatic heterocycles. The predicted molar refractivity (Wildman–Crippen MR) is 151 cm³/mol. The van der Waals surface area contributed by atoms with Gasteiger partial charge in [-0.1, -0.05) is 65.0 Å². The Hall–Kier alpha value is -3.55. The molecule has 0 amide bonds. The standard InChI is InChI=1S/C27H29ClN3O10P/c1-18(25(35)38-16-19-8-4-2-5-9-19)31(41-20-10-6-3-7-11-20)42(37)39-17-27(13-14-28)23(34)22(33)24(40-27)30-15-12-21(32)29-26(30)36/h2-15,18,22-24,33-34,42H,16-17H2,1H3,(H,29,32,36)/t18?,22-,23+,24-,27-/m1/s1. The van der Waals surface area contributed by atoms with E-state index >= 15 is 0 Å². The van der Waals surface area contributed by atoms with E-state index in [0.29, 0.717) is 0 Å². The molecule has 0 radical (unpaired) electrons. The number of hydrogen-bond acceptors (Lipinski definition) is 10. The van der Waals surface area contributed by atoms with E-state index in [-0.39, 0.29) is 12.4 Å². The SMILES string of the molecule is CC(C(=O)OCc1ccccc1)N(Oc1ccccc1)[PH](=O)OC[C@@]1(C=CCl)O[C@@H](n2ccc(=O)[nH]c2=O)[C@H](O)[C@@H]1O. The average molecular weight is 622 g/mol. The summed E-state index contributed by atoms with van der Waals surface area (Å²) in [5.41, 5.74) is -1.72. The van der Waals surface area contributed by atoms with Crippen molar-refractivity contribution in [2.45, 2.75) is 43.6 Å². The summed E-state index contributed by atoms with van der Waals surface area (Å²) in [4.78, 5) is 45.3. The van der Waals surface area contributed by atoms with Crippen LogP contribution in [0.25, 0.3) is 0 Å². The topological polar surface area (TPSA) is 170 Å². The van der Waals surface area contributed by atoms with Crippen molar-refractivity contribution in [3.05, 3.63) is 111 Å². The Bertz CT molecular complexity index is 1520. The number of esters is 1. The smallest absolute Gasteiger partial charge is 0.330 e. The highest BCUT2D eigenvalue weighted by Crippen LogP contribution is 2.41. The molecule has 13 nitrogen and oxygen atoms in total. The van der Waals surface area contributed by atoms with Crippen LogP contribution in [0.4, 0.5) is 0 Å². The number of hydroxylamine groups is 1. The van der Waals surface area contributed by atoms with E-state index in [4.69, 9.17) is 30.4 Å². The average Bonchev–Trinajstić information content (AvgIpc) is 3.23. The summed E-state index contributed by atoms with van der Waals surface area (Å²) in [6.07, 6.45) is -2.62. The molecular weight excluding hydrogens is 593 g/mol. The molecule has 15 heteroatoms. The zero-order valence-electron chi connectivity index (χ0n) is 22.2. The maximum Gasteiger partial charge on any atom is 0.330 e. The second-order valence-electron chi connectivity index (χ2n) is 9.26. The number of aliphatic hydroxyl groups is 2. The lowest BCUT2D eigenvalue weighted by Gasteiger charge is -2.30. The molecule has 1 aliphatic rings. The fourth-order valence-corrected chi connectivity index (χ4v) is 5.41. The lowest BCUT2D eigenvalue weighted by Crippen LogP contribution is -2.45. The van der Waals surface area contributed by atoms with Crippen molar-refractivity contribution in [1.82, 2.24) is 14.4 Å². The van der Waals surface area contributed by atoms with E-state index in [2.05, 4.69) is 0 Å². The van der Waals surface area contributed by atoms with E-state index < -0.39 is 62.1 Å². The Morgan fingerprint density at radius 2 is 1.83 bits per heavy atom. The number of para-hydroxylation sites is 1. The Kier molecular flexibility index (Phi) is 10.5. The zero-order chi connectivity index (χ0) is 30.3. The fraction of sp³-hybridized carbons (Fsp3) is 0.296. The first kappa shape index (κ1) is 31.4. The molecule has 0 saturated carbocycles.